The van der Waals surface area contributed by atoms with Gasteiger partial charge >= 0.3 is 0 Å². The highest BCUT2D eigenvalue weighted by atomic mass is 32.2. The maximum absolute atomic E-state index is 11.5. The molecule has 14 heavy (non-hydrogen) atoms. The molecule has 1 unspecified atom stereocenters. The molecule has 0 aromatic heterocycles. The molecule has 0 saturated carbocycles. The zero-order valence-electron chi connectivity index (χ0n) is 7.90. The van der Waals surface area contributed by atoms with Gasteiger partial charge in [0.25, 0.3) is 0 Å². The monoisotopic (exact) mass is 228 g/mol. The van der Waals surface area contributed by atoms with E-state index < -0.39 is 11.0 Å². The topological polar surface area (TPSA) is 46.3 Å². The van der Waals surface area contributed by atoms with Crippen molar-refractivity contribution < 1.29 is 4.21 Å². The standard InChI is InChI=1S/C9H12N2OS2/c1-14(12)11-4-5-13-9-3-2-7(10)6-8(9)11/h2-3,6H,4-5,10H2,1H3. The van der Waals surface area contributed by atoms with E-state index in [2.05, 4.69) is 0 Å². The van der Waals surface area contributed by atoms with E-state index in [0.29, 0.717) is 0 Å². The second kappa shape index (κ2) is 3.82. The van der Waals surface area contributed by atoms with Crippen LogP contribution < -0.4 is 10.0 Å². The molecule has 1 atom stereocenters. The summed E-state index contributed by atoms with van der Waals surface area (Å²) in [5.41, 5.74) is 7.44. The van der Waals surface area contributed by atoms with E-state index in [-0.39, 0.29) is 0 Å². The van der Waals surface area contributed by atoms with Gasteiger partial charge in [-0.1, -0.05) is 0 Å². The summed E-state index contributed by atoms with van der Waals surface area (Å²) in [6, 6.07) is 5.77. The highest BCUT2D eigenvalue weighted by Crippen LogP contribution is 2.36. The lowest BCUT2D eigenvalue weighted by Crippen LogP contribution is -2.30. The molecule has 1 aliphatic rings. The third kappa shape index (κ3) is 1.74. The Balaban J connectivity index is 2.46. The molecular formula is C9H12N2OS2. The molecule has 2 N–H and O–H groups in total. The fourth-order valence-electron chi connectivity index (χ4n) is 1.48. The van der Waals surface area contributed by atoms with Crippen LogP contribution in [-0.2, 0) is 11.0 Å². The molecule has 1 aromatic carbocycles. The molecule has 0 amide bonds. The van der Waals surface area contributed by atoms with Crippen LogP contribution in [0.2, 0.25) is 0 Å². The zero-order valence-corrected chi connectivity index (χ0v) is 9.53. The third-order valence-corrected chi connectivity index (χ3v) is 4.16. The van der Waals surface area contributed by atoms with E-state index in [1.54, 1.807) is 18.0 Å². The predicted molar refractivity (Wildman–Crippen MR) is 63.0 cm³/mol. The van der Waals surface area contributed by atoms with Gasteiger partial charge in [0.15, 0.2) is 0 Å². The number of rotatable bonds is 1. The van der Waals surface area contributed by atoms with Gasteiger partial charge in [-0.15, -0.1) is 11.8 Å². The Morgan fingerprint density at radius 1 is 1.57 bits per heavy atom. The Kier molecular flexibility index (Phi) is 2.69. The van der Waals surface area contributed by atoms with E-state index in [1.807, 2.05) is 22.5 Å². The van der Waals surface area contributed by atoms with E-state index in [1.165, 1.54) is 4.90 Å². The molecular weight excluding hydrogens is 216 g/mol. The smallest absolute Gasteiger partial charge is 0.116 e. The van der Waals surface area contributed by atoms with Crippen molar-refractivity contribution in [3.05, 3.63) is 18.2 Å². The molecule has 76 valence electrons. The number of nitrogens with zero attached hydrogens (tertiary/aromatic N) is 1. The maximum Gasteiger partial charge on any atom is 0.116 e. The second-order valence-corrected chi connectivity index (χ2v) is 5.53. The summed E-state index contributed by atoms with van der Waals surface area (Å²) < 4.78 is 13.4. The van der Waals surface area contributed by atoms with Crippen molar-refractivity contribution in [1.29, 1.82) is 0 Å². The molecule has 0 radical (unpaired) electrons. The van der Waals surface area contributed by atoms with Crippen LogP contribution in [0.1, 0.15) is 0 Å². The number of nitrogen functional groups attached to an aromatic ring is 1. The molecule has 0 fully saturated rings. The largest absolute Gasteiger partial charge is 0.399 e. The van der Waals surface area contributed by atoms with Crippen molar-refractivity contribution in [3.63, 3.8) is 0 Å². The molecule has 1 aromatic rings. The Morgan fingerprint density at radius 3 is 3.07 bits per heavy atom. The van der Waals surface area contributed by atoms with Crippen molar-refractivity contribution >= 4 is 34.1 Å². The van der Waals surface area contributed by atoms with Crippen LogP contribution in [-0.4, -0.2) is 22.8 Å². The van der Waals surface area contributed by atoms with Crippen LogP contribution in [0, 0.1) is 0 Å². The molecule has 0 bridgehead atoms. The minimum absolute atomic E-state index is 0.724. The minimum atomic E-state index is -0.957. The van der Waals surface area contributed by atoms with E-state index in [9.17, 15) is 4.21 Å². The fourth-order valence-corrected chi connectivity index (χ4v) is 3.40. The summed E-state index contributed by atoms with van der Waals surface area (Å²) in [4.78, 5) is 1.17. The Bertz CT molecular complexity index is 381. The summed E-state index contributed by atoms with van der Waals surface area (Å²) in [5, 5.41) is 0. The first-order valence-corrected chi connectivity index (χ1v) is 6.82. The van der Waals surface area contributed by atoms with E-state index in [4.69, 9.17) is 5.73 Å². The van der Waals surface area contributed by atoms with Gasteiger partial charge in [-0.3, -0.25) is 4.31 Å². The average molecular weight is 228 g/mol. The van der Waals surface area contributed by atoms with Gasteiger partial charge in [-0.05, 0) is 18.2 Å². The summed E-state index contributed by atoms with van der Waals surface area (Å²) in [7, 11) is -0.957. The van der Waals surface area contributed by atoms with Gasteiger partial charge in [-0.25, -0.2) is 4.21 Å². The van der Waals surface area contributed by atoms with Crippen LogP contribution in [0.4, 0.5) is 11.4 Å². The number of benzene rings is 1. The van der Waals surface area contributed by atoms with Crippen molar-refractivity contribution in [1.82, 2.24) is 0 Å². The zero-order chi connectivity index (χ0) is 10.1. The van der Waals surface area contributed by atoms with Crippen molar-refractivity contribution in [2.24, 2.45) is 0 Å². The highest BCUT2D eigenvalue weighted by Gasteiger charge is 2.19. The SMILES string of the molecule is CS(=O)N1CCSc2ccc(N)cc21. The first kappa shape index (κ1) is 9.86. The molecule has 3 nitrogen and oxygen atoms in total. The number of fused-ring (bicyclic) bond motifs is 1. The van der Waals surface area contributed by atoms with Gasteiger partial charge in [0, 0.05) is 29.1 Å². The van der Waals surface area contributed by atoms with Gasteiger partial charge in [0.2, 0.25) is 0 Å². The molecule has 0 aliphatic carbocycles. The van der Waals surface area contributed by atoms with Crippen LogP contribution in [0.15, 0.2) is 23.1 Å². The Hall–Kier alpha value is -0.680. The average Bonchev–Trinajstić information content (AvgIpc) is 2.16. The number of nitrogens with two attached hydrogens (primary N) is 1. The third-order valence-electron chi connectivity index (χ3n) is 2.11. The molecule has 5 heteroatoms. The number of thioether (sulfide) groups is 1. The first-order valence-electron chi connectivity index (χ1n) is 4.32. The fraction of sp³-hybridized carbons (Fsp3) is 0.333. The molecule has 0 saturated heterocycles. The van der Waals surface area contributed by atoms with Crippen LogP contribution >= 0.6 is 11.8 Å². The van der Waals surface area contributed by atoms with Gasteiger partial charge in [0.05, 0.1) is 5.69 Å². The first-order chi connectivity index (χ1) is 6.68. The van der Waals surface area contributed by atoms with Crippen molar-refractivity contribution in [3.8, 4) is 0 Å². The van der Waals surface area contributed by atoms with Gasteiger partial charge < -0.3 is 5.73 Å². The van der Waals surface area contributed by atoms with Gasteiger partial charge in [-0.2, -0.15) is 0 Å². The lowest BCUT2D eigenvalue weighted by molar-refractivity contribution is 0.683. The lowest BCUT2D eigenvalue weighted by Gasteiger charge is -2.28. The maximum atomic E-state index is 11.5. The summed E-state index contributed by atoms with van der Waals surface area (Å²) in [6.07, 6.45) is 1.70. The Morgan fingerprint density at radius 2 is 2.36 bits per heavy atom. The number of anilines is 2. The molecule has 1 heterocycles. The number of hydrogen-bond acceptors (Lipinski definition) is 3. The van der Waals surface area contributed by atoms with Crippen molar-refractivity contribution in [2.45, 2.75) is 4.90 Å². The summed E-state index contributed by atoms with van der Waals surface area (Å²) >= 11 is 1.79. The van der Waals surface area contributed by atoms with Gasteiger partial charge in [0.1, 0.15) is 11.0 Å². The normalized spacial score (nSPS) is 17.6. The summed E-state index contributed by atoms with van der Waals surface area (Å²) in [5.74, 6) is 0.983. The molecule has 1 aliphatic heterocycles. The van der Waals surface area contributed by atoms with E-state index in [0.717, 1.165) is 23.7 Å². The predicted octanol–water partition coefficient (Wildman–Crippen LogP) is 1.47. The number of hydrogen-bond donors (Lipinski definition) is 1. The molecule has 2 rings (SSSR count). The Labute approximate surface area is 90.3 Å². The second-order valence-electron chi connectivity index (χ2n) is 3.10. The lowest BCUT2D eigenvalue weighted by atomic mass is 10.3. The molecule has 0 spiro atoms. The summed E-state index contributed by atoms with van der Waals surface area (Å²) in [6.45, 7) is 0.824. The van der Waals surface area contributed by atoms with E-state index >= 15 is 0 Å². The minimum Gasteiger partial charge on any atom is -0.399 e. The quantitative estimate of drug-likeness (QED) is 0.740. The highest BCUT2D eigenvalue weighted by molar-refractivity contribution is 7.99. The van der Waals surface area contributed by atoms with Crippen molar-refractivity contribution in [2.75, 3.05) is 28.6 Å². The van der Waals surface area contributed by atoms with Crippen LogP contribution in [0.25, 0.3) is 0 Å². The van der Waals surface area contributed by atoms with Crippen LogP contribution in [0.3, 0.4) is 0 Å². The van der Waals surface area contributed by atoms with Crippen LogP contribution in [0.5, 0.6) is 0 Å².